The molecule has 0 spiro atoms. The molecule has 0 rings (SSSR count). The standard InChI is InChI=1S/C4H12N2.CH2O3/c1-4(6)2-3-5;2-1(3)4/h4H,2-3,5-6H2,1H3;(H2,2,3,4). The van der Waals surface area contributed by atoms with Crippen molar-refractivity contribution in [2.45, 2.75) is 19.4 Å². The first-order valence-electron chi connectivity index (χ1n) is 2.88. The molecule has 5 heteroatoms. The zero-order valence-electron chi connectivity index (χ0n) is 5.95. The summed E-state index contributed by atoms with van der Waals surface area (Å²) in [4.78, 5) is 8.56. The molecule has 0 saturated carbocycles. The SMILES string of the molecule is CC(N)CCN.O=C(O)O. The zero-order valence-corrected chi connectivity index (χ0v) is 5.95. The molecule has 0 heterocycles. The maximum Gasteiger partial charge on any atom is 0.503 e. The van der Waals surface area contributed by atoms with Gasteiger partial charge in [-0.05, 0) is 19.9 Å². The fourth-order valence-corrected chi connectivity index (χ4v) is 0.263. The van der Waals surface area contributed by atoms with Crippen LogP contribution in [0.1, 0.15) is 13.3 Å². The van der Waals surface area contributed by atoms with Gasteiger partial charge in [0.1, 0.15) is 0 Å². The van der Waals surface area contributed by atoms with Crippen molar-refractivity contribution in [1.29, 1.82) is 0 Å². The van der Waals surface area contributed by atoms with E-state index in [1.165, 1.54) is 0 Å². The van der Waals surface area contributed by atoms with Crippen LogP contribution in [0.5, 0.6) is 0 Å². The second kappa shape index (κ2) is 8.19. The molecule has 0 bridgehead atoms. The van der Waals surface area contributed by atoms with E-state index in [9.17, 15) is 0 Å². The predicted octanol–water partition coefficient (Wildman–Crippen LogP) is -0.0952. The molecule has 0 aliphatic carbocycles. The molecule has 1 atom stereocenters. The second-order valence-corrected chi connectivity index (χ2v) is 1.84. The van der Waals surface area contributed by atoms with Gasteiger partial charge in [-0.3, -0.25) is 0 Å². The molecule has 0 aromatic heterocycles. The summed E-state index contributed by atoms with van der Waals surface area (Å²) in [5.41, 5.74) is 10.5. The van der Waals surface area contributed by atoms with Crippen molar-refractivity contribution in [3.63, 3.8) is 0 Å². The Labute approximate surface area is 59.6 Å². The third-order valence-corrected chi connectivity index (χ3v) is 0.622. The van der Waals surface area contributed by atoms with Gasteiger partial charge >= 0.3 is 6.16 Å². The minimum absolute atomic E-state index is 0.273. The lowest BCUT2D eigenvalue weighted by atomic mass is 10.3. The monoisotopic (exact) mass is 150 g/mol. The predicted molar refractivity (Wildman–Crippen MR) is 38.0 cm³/mol. The maximum absolute atomic E-state index is 8.56. The smallest absolute Gasteiger partial charge is 0.450 e. The summed E-state index contributed by atoms with van der Waals surface area (Å²) in [5, 5.41) is 13.9. The van der Waals surface area contributed by atoms with Crippen molar-refractivity contribution in [2.24, 2.45) is 11.5 Å². The first kappa shape index (κ1) is 11.9. The van der Waals surface area contributed by atoms with Gasteiger partial charge in [-0.2, -0.15) is 0 Å². The summed E-state index contributed by atoms with van der Waals surface area (Å²) in [6.45, 7) is 2.66. The summed E-state index contributed by atoms with van der Waals surface area (Å²) in [5.74, 6) is 0. The van der Waals surface area contributed by atoms with Crippen molar-refractivity contribution in [3.8, 4) is 0 Å². The van der Waals surface area contributed by atoms with E-state index in [0.29, 0.717) is 6.54 Å². The molecule has 0 aromatic rings. The zero-order chi connectivity index (χ0) is 8.57. The Bertz CT molecular complexity index is 81.0. The number of hydrogen-bond donors (Lipinski definition) is 4. The van der Waals surface area contributed by atoms with Crippen LogP contribution in [0.15, 0.2) is 0 Å². The number of carbonyl (C=O) groups is 1. The number of rotatable bonds is 2. The van der Waals surface area contributed by atoms with Crippen LogP contribution in [0.4, 0.5) is 4.79 Å². The van der Waals surface area contributed by atoms with Gasteiger partial charge in [-0.15, -0.1) is 0 Å². The van der Waals surface area contributed by atoms with Crippen LogP contribution in [-0.4, -0.2) is 29.0 Å². The van der Waals surface area contributed by atoms with E-state index < -0.39 is 6.16 Å². The van der Waals surface area contributed by atoms with E-state index in [2.05, 4.69) is 0 Å². The number of nitrogens with two attached hydrogens (primary N) is 2. The molecule has 0 aliphatic heterocycles. The molecule has 6 N–H and O–H groups in total. The number of hydrogen-bond acceptors (Lipinski definition) is 3. The molecular formula is C5H14N2O3. The van der Waals surface area contributed by atoms with Crippen LogP contribution in [0, 0.1) is 0 Å². The largest absolute Gasteiger partial charge is 0.503 e. The first-order chi connectivity index (χ1) is 4.50. The highest BCUT2D eigenvalue weighted by Crippen LogP contribution is 1.77. The highest BCUT2D eigenvalue weighted by atomic mass is 16.6. The average molecular weight is 150 g/mol. The van der Waals surface area contributed by atoms with E-state index in [1.54, 1.807) is 0 Å². The lowest BCUT2D eigenvalue weighted by Gasteiger charge is -1.96. The molecular weight excluding hydrogens is 136 g/mol. The minimum atomic E-state index is -1.83. The third-order valence-electron chi connectivity index (χ3n) is 0.622. The highest BCUT2D eigenvalue weighted by molar-refractivity contribution is 5.53. The van der Waals surface area contributed by atoms with Gasteiger partial charge in [0.25, 0.3) is 0 Å². The second-order valence-electron chi connectivity index (χ2n) is 1.84. The summed E-state index contributed by atoms with van der Waals surface area (Å²) in [6, 6.07) is 0.273. The van der Waals surface area contributed by atoms with Crippen LogP contribution < -0.4 is 11.5 Å². The molecule has 5 nitrogen and oxygen atoms in total. The van der Waals surface area contributed by atoms with E-state index in [4.69, 9.17) is 26.5 Å². The molecule has 0 saturated heterocycles. The summed E-state index contributed by atoms with van der Waals surface area (Å²) in [6.07, 6.45) is -0.903. The molecule has 0 aliphatic rings. The van der Waals surface area contributed by atoms with Crippen LogP contribution in [-0.2, 0) is 0 Å². The molecule has 0 fully saturated rings. The van der Waals surface area contributed by atoms with Crippen LogP contribution in [0.2, 0.25) is 0 Å². The molecule has 10 heavy (non-hydrogen) atoms. The van der Waals surface area contributed by atoms with Crippen molar-refractivity contribution >= 4 is 6.16 Å². The summed E-state index contributed by atoms with van der Waals surface area (Å²) >= 11 is 0. The van der Waals surface area contributed by atoms with Gasteiger partial charge in [0, 0.05) is 6.04 Å². The average Bonchev–Trinajstić information content (AvgIpc) is 1.62. The maximum atomic E-state index is 8.56. The van der Waals surface area contributed by atoms with Gasteiger partial charge in [-0.1, -0.05) is 0 Å². The minimum Gasteiger partial charge on any atom is -0.450 e. The lowest BCUT2D eigenvalue weighted by Crippen LogP contribution is -2.18. The third kappa shape index (κ3) is 57.4. The summed E-state index contributed by atoms with van der Waals surface area (Å²) < 4.78 is 0. The van der Waals surface area contributed by atoms with E-state index in [1.807, 2.05) is 6.92 Å². The van der Waals surface area contributed by atoms with Crippen molar-refractivity contribution in [2.75, 3.05) is 6.54 Å². The van der Waals surface area contributed by atoms with E-state index in [-0.39, 0.29) is 6.04 Å². The Morgan fingerprint density at radius 1 is 1.60 bits per heavy atom. The van der Waals surface area contributed by atoms with Crippen molar-refractivity contribution in [3.05, 3.63) is 0 Å². The fraction of sp³-hybridized carbons (Fsp3) is 0.800. The Kier molecular flexibility index (Phi) is 9.77. The fourth-order valence-electron chi connectivity index (χ4n) is 0.263. The van der Waals surface area contributed by atoms with E-state index in [0.717, 1.165) is 6.42 Å². The van der Waals surface area contributed by atoms with Crippen molar-refractivity contribution in [1.82, 2.24) is 0 Å². The normalized spacial score (nSPS) is 11.1. The molecule has 0 radical (unpaired) electrons. The summed E-state index contributed by atoms with van der Waals surface area (Å²) in [7, 11) is 0. The van der Waals surface area contributed by atoms with Gasteiger partial charge in [0.2, 0.25) is 0 Å². The van der Waals surface area contributed by atoms with Crippen LogP contribution in [0.3, 0.4) is 0 Å². The Morgan fingerprint density at radius 2 is 1.90 bits per heavy atom. The van der Waals surface area contributed by atoms with Crippen molar-refractivity contribution < 1.29 is 15.0 Å². The van der Waals surface area contributed by atoms with Gasteiger partial charge in [0.05, 0.1) is 0 Å². The van der Waals surface area contributed by atoms with Crippen LogP contribution >= 0.6 is 0 Å². The van der Waals surface area contributed by atoms with Crippen LogP contribution in [0.25, 0.3) is 0 Å². The topological polar surface area (TPSA) is 110 Å². The Morgan fingerprint density at radius 3 is 1.90 bits per heavy atom. The van der Waals surface area contributed by atoms with Gasteiger partial charge in [-0.25, -0.2) is 4.79 Å². The molecule has 1 unspecified atom stereocenters. The quantitative estimate of drug-likeness (QED) is 0.439. The number of carboxylic acid groups (broad SMARTS) is 2. The Balaban J connectivity index is 0. The Hall–Kier alpha value is -0.810. The molecule has 0 amide bonds. The van der Waals surface area contributed by atoms with E-state index >= 15 is 0 Å². The molecule has 0 aromatic carbocycles. The first-order valence-corrected chi connectivity index (χ1v) is 2.88. The van der Waals surface area contributed by atoms with Gasteiger partial charge in [0.15, 0.2) is 0 Å². The molecule has 62 valence electrons. The lowest BCUT2D eigenvalue weighted by molar-refractivity contribution is 0.137. The van der Waals surface area contributed by atoms with Gasteiger partial charge < -0.3 is 21.7 Å². The highest BCUT2D eigenvalue weighted by Gasteiger charge is 1.85.